The van der Waals surface area contributed by atoms with Gasteiger partial charge >= 0.3 is 5.97 Å². The summed E-state index contributed by atoms with van der Waals surface area (Å²) < 4.78 is 0. The number of aliphatic carboxylic acids is 1. The van der Waals surface area contributed by atoms with E-state index in [1.807, 2.05) is 13.8 Å². The Kier molecular flexibility index (Phi) is 3.82. The van der Waals surface area contributed by atoms with Crippen LogP contribution in [0.1, 0.15) is 13.8 Å². The molecule has 0 radical (unpaired) electrons. The van der Waals surface area contributed by atoms with E-state index in [1.54, 1.807) is 4.90 Å². The molecule has 1 aliphatic heterocycles. The Bertz CT molecular complexity index is 375. The Balaban J connectivity index is 1.91. The van der Waals surface area contributed by atoms with Gasteiger partial charge in [-0.3, -0.25) is 14.5 Å². The van der Waals surface area contributed by atoms with E-state index in [0.717, 1.165) is 13.1 Å². The van der Waals surface area contributed by atoms with Gasteiger partial charge in [0.1, 0.15) is 0 Å². The number of β-amino-alcohol motifs (C(OH)–C–C–N with tert-alkyl or cyclic N) is 1. The molecule has 1 saturated heterocycles. The predicted molar refractivity (Wildman–Crippen MR) is 68.5 cm³/mol. The summed E-state index contributed by atoms with van der Waals surface area (Å²) in [5.41, 5.74) is -0.425. The lowest BCUT2D eigenvalue weighted by molar-refractivity contribution is -0.142. The highest BCUT2D eigenvalue weighted by molar-refractivity contribution is 5.91. The van der Waals surface area contributed by atoms with Gasteiger partial charge in [0, 0.05) is 32.7 Å². The van der Waals surface area contributed by atoms with Crippen molar-refractivity contribution in [3.63, 3.8) is 0 Å². The van der Waals surface area contributed by atoms with Crippen molar-refractivity contribution in [1.29, 1.82) is 0 Å². The van der Waals surface area contributed by atoms with Gasteiger partial charge in [0.15, 0.2) is 0 Å². The van der Waals surface area contributed by atoms with Crippen LogP contribution in [0.15, 0.2) is 0 Å². The van der Waals surface area contributed by atoms with Crippen LogP contribution < -0.4 is 0 Å². The van der Waals surface area contributed by atoms with Gasteiger partial charge in [-0.25, -0.2) is 0 Å². The third-order valence-corrected chi connectivity index (χ3v) is 4.46. The fraction of sp³-hybridized carbons (Fsp3) is 0.846. The summed E-state index contributed by atoms with van der Waals surface area (Å²) in [5.74, 6) is -1.83. The van der Waals surface area contributed by atoms with E-state index in [9.17, 15) is 9.59 Å². The molecule has 2 N–H and O–H groups in total. The second kappa shape index (κ2) is 5.09. The fourth-order valence-corrected chi connectivity index (χ4v) is 3.09. The van der Waals surface area contributed by atoms with Gasteiger partial charge < -0.3 is 15.1 Å². The molecule has 0 aromatic heterocycles. The van der Waals surface area contributed by atoms with Crippen molar-refractivity contribution in [2.45, 2.75) is 13.8 Å². The SMILES string of the molecule is CC1(C)[C@H](C(=O)O)[C@H]1C(=O)N1CCN(CCO)CC1. The molecule has 6 heteroatoms. The van der Waals surface area contributed by atoms with E-state index in [4.69, 9.17) is 10.2 Å². The number of amides is 1. The van der Waals surface area contributed by atoms with Crippen LogP contribution in [0.5, 0.6) is 0 Å². The van der Waals surface area contributed by atoms with Gasteiger partial charge in [-0.15, -0.1) is 0 Å². The number of nitrogens with zero attached hydrogens (tertiary/aromatic N) is 2. The van der Waals surface area contributed by atoms with Crippen LogP contribution >= 0.6 is 0 Å². The van der Waals surface area contributed by atoms with Crippen molar-refractivity contribution in [1.82, 2.24) is 9.80 Å². The first kappa shape index (κ1) is 14.3. The molecule has 2 aliphatic rings. The molecule has 0 aromatic rings. The van der Waals surface area contributed by atoms with Crippen LogP contribution in [0.3, 0.4) is 0 Å². The highest BCUT2D eigenvalue weighted by Crippen LogP contribution is 2.59. The van der Waals surface area contributed by atoms with Crippen LogP contribution in [-0.4, -0.2) is 71.2 Å². The zero-order valence-electron chi connectivity index (χ0n) is 11.5. The average Bonchev–Trinajstić information content (AvgIpc) is 2.93. The molecule has 0 bridgehead atoms. The first-order valence-electron chi connectivity index (χ1n) is 6.74. The van der Waals surface area contributed by atoms with Crippen molar-refractivity contribution in [3.8, 4) is 0 Å². The lowest BCUT2D eigenvalue weighted by Gasteiger charge is -2.34. The smallest absolute Gasteiger partial charge is 0.307 e. The third-order valence-electron chi connectivity index (χ3n) is 4.46. The summed E-state index contributed by atoms with van der Waals surface area (Å²) in [4.78, 5) is 27.3. The Morgan fingerprint density at radius 3 is 2.16 bits per heavy atom. The lowest BCUT2D eigenvalue weighted by Crippen LogP contribution is -2.50. The van der Waals surface area contributed by atoms with Crippen LogP contribution in [0.25, 0.3) is 0 Å². The number of carboxylic acid groups (broad SMARTS) is 1. The molecule has 2 atom stereocenters. The average molecular weight is 270 g/mol. The van der Waals surface area contributed by atoms with Gasteiger partial charge in [0.2, 0.25) is 5.91 Å². The van der Waals surface area contributed by atoms with Crippen molar-refractivity contribution in [2.24, 2.45) is 17.3 Å². The normalized spacial score (nSPS) is 30.2. The molecule has 108 valence electrons. The first-order valence-corrected chi connectivity index (χ1v) is 6.74. The molecule has 6 nitrogen and oxygen atoms in total. The Morgan fingerprint density at radius 2 is 1.74 bits per heavy atom. The second-order valence-corrected chi connectivity index (χ2v) is 6.01. The fourth-order valence-electron chi connectivity index (χ4n) is 3.09. The summed E-state index contributed by atoms with van der Waals surface area (Å²) >= 11 is 0. The number of rotatable bonds is 4. The summed E-state index contributed by atoms with van der Waals surface area (Å²) in [7, 11) is 0. The molecule has 1 amide bonds. The first-order chi connectivity index (χ1) is 8.89. The monoisotopic (exact) mass is 270 g/mol. The Morgan fingerprint density at radius 1 is 1.16 bits per heavy atom. The van der Waals surface area contributed by atoms with Gasteiger partial charge in [-0.2, -0.15) is 0 Å². The molecule has 1 saturated carbocycles. The van der Waals surface area contributed by atoms with Gasteiger partial charge in [0.25, 0.3) is 0 Å². The minimum Gasteiger partial charge on any atom is -0.481 e. The highest BCUT2D eigenvalue weighted by Gasteiger charge is 2.66. The van der Waals surface area contributed by atoms with Gasteiger partial charge in [-0.1, -0.05) is 13.8 Å². The van der Waals surface area contributed by atoms with Crippen molar-refractivity contribution < 1.29 is 19.8 Å². The molecule has 2 rings (SSSR count). The summed E-state index contributed by atoms with van der Waals surface area (Å²) in [6, 6.07) is 0. The maximum Gasteiger partial charge on any atom is 0.307 e. The molecule has 0 spiro atoms. The predicted octanol–water partition coefficient (Wildman–Crippen LogP) is -0.520. The number of aliphatic hydroxyl groups is 1. The second-order valence-electron chi connectivity index (χ2n) is 6.01. The maximum atomic E-state index is 12.4. The largest absolute Gasteiger partial charge is 0.481 e. The molecule has 0 unspecified atom stereocenters. The lowest BCUT2D eigenvalue weighted by atomic mass is 10.1. The highest BCUT2D eigenvalue weighted by atomic mass is 16.4. The number of hydrogen-bond acceptors (Lipinski definition) is 4. The standard InChI is InChI=1S/C13H22N2O4/c1-13(2)9(10(13)12(18)19)11(17)15-5-3-14(4-6-15)7-8-16/h9-10,16H,3-8H2,1-2H3,(H,18,19)/t9-,10-/m0/s1. The topological polar surface area (TPSA) is 81.1 Å². The van der Waals surface area contributed by atoms with E-state index in [2.05, 4.69) is 4.90 Å². The van der Waals surface area contributed by atoms with Crippen molar-refractivity contribution >= 4 is 11.9 Å². The summed E-state index contributed by atoms with van der Waals surface area (Å²) in [6.45, 7) is 7.19. The molecule has 1 heterocycles. The van der Waals surface area contributed by atoms with Crippen LogP contribution in [0, 0.1) is 17.3 Å². The van der Waals surface area contributed by atoms with Gasteiger partial charge in [-0.05, 0) is 5.41 Å². The minimum absolute atomic E-state index is 0.0268. The molecule has 1 aliphatic carbocycles. The molecule has 19 heavy (non-hydrogen) atoms. The van der Waals surface area contributed by atoms with E-state index < -0.39 is 17.3 Å². The third kappa shape index (κ3) is 2.60. The number of hydrogen-bond donors (Lipinski definition) is 2. The maximum absolute atomic E-state index is 12.4. The zero-order chi connectivity index (χ0) is 14.2. The number of aliphatic hydroxyl groups excluding tert-OH is 1. The zero-order valence-corrected chi connectivity index (χ0v) is 11.5. The molecular weight excluding hydrogens is 248 g/mol. The van der Waals surface area contributed by atoms with Crippen molar-refractivity contribution in [3.05, 3.63) is 0 Å². The number of piperazine rings is 1. The van der Waals surface area contributed by atoms with E-state index in [0.29, 0.717) is 19.6 Å². The molecular formula is C13H22N2O4. The van der Waals surface area contributed by atoms with E-state index in [1.165, 1.54) is 0 Å². The van der Waals surface area contributed by atoms with E-state index in [-0.39, 0.29) is 18.4 Å². The number of carbonyl (C=O) groups excluding carboxylic acids is 1. The van der Waals surface area contributed by atoms with Crippen molar-refractivity contribution in [2.75, 3.05) is 39.3 Å². The van der Waals surface area contributed by atoms with Crippen LogP contribution in [0.4, 0.5) is 0 Å². The summed E-state index contributed by atoms with van der Waals surface area (Å²) in [6.07, 6.45) is 0. The molecule has 0 aromatic carbocycles. The minimum atomic E-state index is -0.873. The number of carboxylic acids is 1. The quantitative estimate of drug-likeness (QED) is 0.718. The Hall–Kier alpha value is -1.14. The van der Waals surface area contributed by atoms with Crippen LogP contribution in [0.2, 0.25) is 0 Å². The Labute approximate surface area is 113 Å². The van der Waals surface area contributed by atoms with E-state index >= 15 is 0 Å². The van der Waals surface area contributed by atoms with Gasteiger partial charge in [0.05, 0.1) is 18.4 Å². The van der Waals surface area contributed by atoms with Crippen LogP contribution in [-0.2, 0) is 9.59 Å². The molecule has 2 fully saturated rings. The number of carbonyl (C=O) groups is 2. The summed E-state index contributed by atoms with van der Waals surface area (Å²) in [5, 5.41) is 18.0.